The van der Waals surface area contributed by atoms with Crippen molar-refractivity contribution >= 4 is 50.6 Å². The van der Waals surface area contributed by atoms with E-state index in [1.807, 2.05) is 6.92 Å². The molecule has 0 spiro atoms. The van der Waals surface area contributed by atoms with E-state index in [0.29, 0.717) is 4.88 Å². The first-order chi connectivity index (χ1) is 13.9. The number of methoxy groups -OCH3 is 1. The van der Waals surface area contributed by atoms with Gasteiger partial charge in [-0.1, -0.05) is 12.1 Å². The minimum Gasteiger partial charge on any atom is -0.465 e. The number of hydrogen-bond donors (Lipinski definition) is 0. The summed E-state index contributed by atoms with van der Waals surface area (Å²) in [6.07, 6.45) is 0. The second-order valence-electron chi connectivity index (χ2n) is 7.24. The SMILES string of the molecule is COC(=O)c1sc2nc(Cl)nc(N3CCN(c4cccc(C)c4C)CC3)c2c1C. The summed E-state index contributed by atoms with van der Waals surface area (Å²) in [5.41, 5.74) is 4.76. The molecule has 152 valence electrons. The molecule has 0 N–H and O–H groups in total. The standard InChI is InChI=1S/C21H23ClN4O2S/c1-12-6-5-7-15(13(12)2)25-8-10-26(11-9-25)18-16-14(3)17(20(27)28-4)29-19(16)24-21(22)23-18/h5-7H,8-11H2,1-4H3. The quantitative estimate of drug-likeness (QED) is 0.454. The zero-order valence-electron chi connectivity index (χ0n) is 17.0. The lowest BCUT2D eigenvalue weighted by atomic mass is 10.1. The fraction of sp³-hybridized carbons (Fsp3) is 0.381. The first-order valence-electron chi connectivity index (χ1n) is 9.51. The van der Waals surface area contributed by atoms with Gasteiger partial charge < -0.3 is 14.5 Å². The minimum absolute atomic E-state index is 0.196. The van der Waals surface area contributed by atoms with Gasteiger partial charge in [0.05, 0.1) is 12.5 Å². The molecule has 8 heteroatoms. The van der Waals surface area contributed by atoms with Crippen molar-refractivity contribution in [2.45, 2.75) is 20.8 Å². The molecule has 1 fully saturated rings. The van der Waals surface area contributed by atoms with Crippen molar-refractivity contribution in [1.29, 1.82) is 0 Å². The van der Waals surface area contributed by atoms with E-state index in [1.54, 1.807) is 0 Å². The van der Waals surface area contributed by atoms with Crippen molar-refractivity contribution in [3.05, 3.63) is 45.1 Å². The van der Waals surface area contributed by atoms with Crippen LogP contribution in [0, 0.1) is 20.8 Å². The van der Waals surface area contributed by atoms with Crippen LogP contribution in [0.2, 0.25) is 5.28 Å². The van der Waals surface area contributed by atoms with Crippen LogP contribution in [0.25, 0.3) is 10.2 Å². The Kier molecular flexibility index (Phi) is 5.36. The summed E-state index contributed by atoms with van der Waals surface area (Å²) in [4.78, 5) is 26.9. The molecule has 1 aliphatic heterocycles. The number of nitrogens with zero attached hydrogens (tertiary/aromatic N) is 4. The van der Waals surface area contributed by atoms with Crippen LogP contribution in [-0.4, -0.2) is 49.2 Å². The van der Waals surface area contributed by atoms with Gasteiger partial charge in [0.25, 0.3) is 0 Å². The third-order valence-electron chi connectivity index (χ3n) is 5.61. The molecule has 1 aromatic carbocycles. The smallest absolute Gasteiger partial charge is 0.348 e. The Hall–Kier alpha value is -2.38. The number of carbonyl (C=O) groups is 1. The molecular formula is C21H23ClN4O2S. The average Bonchev–Trinajstić information content (AvgIpc) is 3.05. The number of carbonyl (C=O) groups excluding carboxylic acids is 1. The van der Waals surface area contributed by atoms with Crippen LogP contribution in [0.4, 0.5) is 11.5 Å². The number of benzene rings is 1. The van der Waals surface area contributed by atoms with Gasteiger partial charge in [-0.25, -0.2) is 9.78 Å². The maximum Gasteiger partial charge on any atom is 0.348 e. The van der Waals surface area contributed by atoms with Crippen molar-refractivity contribution < 1.29 is 9.53 Å². The van der Waals surface area contributed by atoms with Gasteiger partial charge in [-0.05, 0) is 55.1 Å². The molecular weight excluding hydrogens is 408 g/mol. The highest BCUT2D eigenvalue weighted by Crippen LogP contribution is 2.37. The fourth-order valence-corrected chi connectivity index (χ4v) is 5.15. The second kappa shape index (κ2) is 7.80. The summed E-state index contributed by atoms with van der Waals surface area (Å²) < 4.78 is 4.92. The molecule has 6 nitrogen and oxygen atoms in total. The van der Waals surface area contributed by atoms with E-state index in [0.717, 1.165) is 47.8 Å². The summed E-state index contributed by atoms with van der Waals surface area (Å²) in [6.45, 7) is 9.65. The monoisotopic (exact) mass is 430 g/mol. The molecule has 0 amide bonds. The largest absolute Gasteiger partial charge is 0.465 e. The molecule has 1 aliphatic rings. The Morgan fingerprint density at radius 3 is 2.45 bits per heavy atom. The number of esters is 1. The lowest BCUT2D eigenvalue weighted by molar-refractivity contribution is 0.0605. The molecule has 1 saturated heterocycles. The molecule has 4 rings (SSSR count). The first kappa shape index (κ1) is 19.9. The van der Waals surface area contributed by atoms with Crippen LogP contribution in [0.5, 0.6) is 0 Å². The predicted molar refractivity (Wildman–Crippen MR) is 119 cm³/mol. The summed E-state index contributed by atoms with van der Waals surface area (Å²) in [5, 5.41) is 1.09. The van der Waals surface area contributed by atoms with Gasteiger partial charge >= 0.3 is 5.97 Å². The highest BCUT2D eigenvalue weighted by Gasteiger charge is 2.26. The molecule has 2 aromatic heterocycles. The Labute approximate surface area is 179 Å². The number of halogens is 1. The van der Waals surface area contributed by atoms with Crippen LogP contribution in [-0.2, 0) is 4.74 Å². The van der Waals surface area contributed by atoms with Gasteiger partial charge in [-0.2, -0.15) is 4.98 Å². The zero-order chi connectivity index (χ0) is 20.7. The number of thiophene rings is 1. The van der Waals surface area contributed by atoms with Crippen LogP contribution < -0.4 is 9.80 Å². The highest BCUT2D eigenvalue weighted by atomic mass is 35.5. The van der Waals surface area contributed by atoms with E-state index in [1.165, 1.54) is 35.3 Å². The van der Waals surface area contributed by atoms with Crippen LogP contribution >= 0.6 is 22.9 Å². The topological polar surface area (TPSA) is 58.6 Å². The van der Waals surface area contributed by atoms with Crippen LogP contribution in [0.1, 0.15) is 26.4 Å². The van der Waals surface area contributed by atoms with Crippen molar-refractivity contribution in [2.75, 3.05) is 43.1 Å². The number of ether oxygens (including phenoxy) is 1. The Balaban J connectivity index is 1.65. The molecule has 0 saturated carbocycles. The number of aryl methyl sites for hydroxylation is 2. The number of anilines is 2. The highest BCUT2D eigenvalue weighted by molar-refractivity contribution is 7.20. The molecule has 0 atom stereocenters. The van der Waals surface area contributed by atoms with E-state index in [-0.39, 0.29) is 11.3 Å². The van der Waals surface area contributed by atoms with Crippen LogP contribution in [0.15, 0.2) is 18.2 Å². The van der Waals surface area contributed by atoms with Gasteiger partial charge in [-0.3, -0.25) is 0 Å². The summed E-state index contributed by atoms with van der Waals surface area (Å²) in [7, 11) is 1.39. The Morgan fingerprint density at radius 2 is 1.76 bits per heavy atom. The summed E-state index contributed by atoms with van der Waals surface area (Å²) in [6, 6.07) is 6.44. The molecule has 0 radical (unpaired) electrons. The number of fused-ring (bicyclic) bond motifs is 1. The molecule has 29 heavy (non-hydrogen) atoms. The van der Waals surface area contributed by atoms with E-state index in [9.17, 15) is 4.79 Å². The molecule has 0 aliphatic carbocycles. The minimum atomic E-state index is -0.354. The molecule has 3 aromatic rings. The zero-order valence-corrected chi connectivity index (χ0v) is 18.5. The Bertz CT molecular complexity index is 1090. The van der Waals surface area contributed by atoms with Crippen LogP contribution in [0.3, 0.4) is 0 Å². The van der Waals surface area contributed by atoms with Gasteiger partial charge in [0, 0.05) is 31.9 Å². The van der Waals surface area contributed by atoms with Crippen molar-refractivity contribution in [2.24, 2.45) is 0 Å². The first-order valence-corrected chi connectivity index (χ1v) is 10.7. The van der Waals surface area contributed by atoms with E-state index in [4.69, 9.17) is 16.3 Å². The van der Waals surface area contributed by atoms with Gasteiger partial charge in [-0.15, -0.1) is 11.3 Å². The lowest BCUT2D eigenvalue weighted by Crippen LogP contribution is -2.47. The van der Waals surface area contributed by atoms with E-state index in [2.05, 4.69) is 51.8 Å². The molecule has 3 heterocycles. The number of hydrogen-bond acceptors (Lipinski definition) is 7. The maximum atomic E-state index is 12.1. The second-order valence-corrected chi connectivity index (χ2v) is 8.57. The number of piperazine rings is 1. The summed E-state index contributed by atoms with van der Waals surface area (Å²) in [5.74, 6) is 0.442. The summed E-state index contributed by atoms with van der Waals surface area (Å²) >= 11 is 7.51. The number of rotatable bonds is 3. The van der Waals surface area contributed by atoms with Gasteiger partial charge in [0.2, 0.25) is 5.28 Å². The fourth-order valence-electron chi connectivity index (χ4n) is 3.85. The lowest BCUT2D eigenvalue weighted by Gasteiger charge is -2.37. The molecule has 0 unspecified atom stereocenters. The molecule has 0 bridgehead atoms. The van der Waals surface area contributed by atoms with E-state index >= 15 is 0 Å². The average molecular weight is 431 g/mol. The van der Waals surface area contributed by atoms with Gasteiger partial charge in [0.1, 0.15) is 15.5 Å². The number of aromatic nitrogens is 2. The van der Waals surface area contributed by atoms with E-state index < -0.39 is 0 Å². The third-order valence-corrected chi connectivity index (χ3v) is 6.95. The predicted octanol–water partition coefficient (Wildman–Crippen LogP) is 4.38. The van der Waals surface area contributed by atoms with Crippen molar-refractivity contribution in [3.63, 3.8) is 0 Å². The third kappa shape index (κ3) is 3.53. The van der Waals surface area contributed by atoms with Gasteiger partial charge in [0.15, 0.2) is 0 Å². The Morgan fingerprint density at radius 1 is 1.07 bits per heavy atom. The van der Waals surface area contributed by atoms with Crippen molar-refractivity contribution in [3.8, 4) is 0 Å². The maximum absolute atomic E-state index is 12.1. The van der Waals surface area contributed by atoms with Crippen molar-refractivity contribution in [1.82, 2.24) is 9.97 Å². The normalized spacial score (nSPS) is 14.5.